The maximum absolute atomic E-state index is 10.5. The molecule has 0 saturated heterocycles. The van der Waals surface area contributed by atoms with Crippen LogP contribution >= 0.6 is 0 Å². The van der Waals surface area contributed by atoms with Gasteiger partial charge in [-0.25, -0.2) is 4.79 Å². The Hall–Kier alpha value is -1.83. The van der Waals surface area contributed by atoms with Gasteiger partial charge < -0.3 is 5.11 Å². The van der Waals surface area contributed by atoms with E-state index in [-0.39, 0.29) is 5.56 Å². The molecular formula is C8H9N3O2. The molecule has 0 saturated carbocycles. The van der Waals surface area contributed by atoms with Crippen LogP contribution in [0.3, 0.4) is 0 Å². The summed E-state index contributed by atoms with van der Waals surface area (Å²) in [7, 11) is 0. The molecule has 1 heterocycles. The van der Waals surface area contributed by atoms with E-state index in [1.165, 1.54) is 17.1 Å². The van der Waals surface area contributed by atoms with Crippen molar-refractivity contribution >= 4 is 5.97 Å². The minimum atomic E-state index is -1.04. The molecule has 0 aliphatic heterocycles. The van der Waals surface area contributed by atoms with E-state index in [2.05, 4.69) is 5.10 Å². The first kappa shape index (κ1) is 9.26. The number of rotatable bonds is 2. The lowest BCUT2D eigenvalue weighted by Crippen LogP contribution is -2.24. The Morgan fingerprint density at radius 3 is 2.77 bits per heavy atom. The fraction of sp³-hybridized carbons (Fsp3) is 0.375. The lowest BCUT2D eigenvalue weighted by atomic mass is 10.1. The largest absolute Gasteiger partial charge is 0.478 e. The third-order valence-electron chi connectivity index (χ3n) is 1.68. The van der Waals surface area contributed by atoms with Crippen molar-refractivity contribution in [1.82, 2.24) is 9.78 Å². The molecule has 0 spiro atoms. The van der Waals surface area contributed by atoms with Gasteiger partial charge in [-0.05, 0) is 13.8 Å². The highest BCUT2D eigenvalue weighted by molar-refractivity contribution is 5.86. The number of nitriles is 1. The van der Waals surface area contributed by atoms with Gasteiger partial charge in [0.05, 0.1) is 17.8 Å². The first-order valence-corrected chi connectivity index (χ1v) is 3.67. The van der Waals surface area contributed by atoms with Gasteiger partial charge in [-0.1, -0.05) is 0 Å². The van der Waals surface area contributed by atoms with Crippen LogP contribution < -0.4 is 0 Å². The van der Waals surface area contributed by atoms with E-state index in [1.54, 1.807) is 13.8 Å². The number of carboxylic acid groups (broad SMARTS) is 1. The van der Waals surface area contributed by atoms with Crippen LogP contribution in [0.1, 0.15) is 24.2 Å². The average Bonchev–Trinajstić information content (AvgIpc) is 2.52. The second kappa shape index (κ2) is 2.90. The second-order valence-electron chi connectivity index (χ2n) is 3.15. The Morgan fingerprint density at radius 1 is 1.77 bits per heavy atom. The molecule has 0 aliphatic carbocycles. The third kappa shape index (κ3) is 1.67. The van der Waals surface area contributed by atoms with Gasteiger partial charge >= 0.3 is 5.97 Å². The SMILES string of the molecule is CC(C)(C#N)n1cc(C(=O)O)cn1. The quantitative estimate of drug-likeness (QED) is 0.729. The minimum Gasteiger partial charge on any atom is -0.478 e. The van der Waals surface area contributed by atoms with Crippen molar-refractivity contribution in [3.05, 3.63) is 18.0 Å². The normalized spacial score (nSPS) is 10.8. The zero-order chi connectivity index (χ0) is 10.1. The van der Waals surface area contributed by atoms with Crippen molar-refractivity contribution in [1.29, 1.82) is 5.26 Å². The molecule has 1 rings (SSSR count). The van der Waals surface area contributed by atoms with Gasteiger partial charge in [0.25, 0.3) is 0 Å². The number of carboxylic acids is 1. The molecule has 5 nitrogen and oxygen atoms in total. The first-order chi connectivity index (χ1) is 5.97. The minimum absolute atomic E-state index is 0.0864. The van der Waals surface area contributed by atoms with Crippen molar-refractivity contribution in [2.24, 2.45) is 0 Å². The van der Waals surface area contributed by atoms with Crippen LogP contribution in [-0.2, 0) is 5.54 Å². The van der Waals surface area contributed by atoms with Crippen LogP contribution in [0.25, 0.3) is 0 Å². The fourth-order valence-corrected chi connectivity index (χ4v) is 0.790. The zero-order valence-electron chi connectivity index (χ0n) is 7.35. The van der Waals surface area contributed by atoms with Gasteiger partial charge in [0, 0.05) is 6.20 Å². The highest BCUT2D eigenvalue weighted by atomic mass is 16.4. The summed E-state index contributed by atoms with van der Waals surface area (Å²) < 4.78 is 1.33. The number of hydrogen-bond donors (Lipinski definition) is 1. The van der Waals surface area contributed by atoms with E-state index in [0.717, 1.165) is 0 Å². The molecule has 0 aromatic carbocycles. The summed E-state index contributed by atoms with van der Waals surface area (Å²) in [6, 6.07) is 2.02. The number of nitrogens with zero attached hydrogens (tertiary/aromatic N) is 3. The van der Waals surface area contributed by atoms with E-state index < -0.39 is 11.5 Å². The molecule has 0 fully saturated rings. The predicted molar refractivity (Wildman–Crippen MR) is 44.1 cm³/mol. The molecule has 0 atom stereocenters. The van der Waals surface area contributed by atoms with Gasteiger partial charge in [-0.2, -0.15) is 10.4 Å². The van der Waals surface area contributed by atoms with Crippen molar-refractivity contribution in [3.63, 3.8) is 0 Å². The van der Waals surface area contributed by atoms with E-state index >= 15 is 0 Å². The van der Waals surface area contributed by atoms with Crippen LogP contribution in [0.15, 0.2) is 12.4 Å². The molecule has 13 heavy (non-hydrogen) atoms. The molecule has 0 bridgehead atoms. The summed E-state index contributed by atoms with van der Waals surface area (Å²) in [5, 5.41) is 21.1. The van der Waals surface area contributed by atoms with Crippen molar-refractivity contribution in [2.75, 3.05) is 0 Å². The van der Waals surface area contributed by atoms with Gasteiger partial charge in [0.1, 0.15) is 5.54 Å². The highest BCUT2D eigenvalue weighted by Gasteiger charge is 2.21. The van der Waals surface area contributed by atoms with E-state index in [0.29, 0.717) is 0 Å². The lowest BCUT2D eigenvalue weighted by Gasteiger charge is -2.14. The predicted octanol–water partition coefficient (Wildman–Crippen LogP) is 0.840. The maximum atomic E-state index is 10.5. The van der Waals surface area contributed by atoms with Crippen LogP contribution in [0.5, 0.6) is 0 Å². The van der Waals surface area contributed by atoms with Crippen LogP contribution in [0.4, 0.5) is 0 Å². The van der Waals surface area contributed by atoms with Crippen molar-refractivity contribution < 1.29 is 9.90 Å². The molecule has 1 N–H and O–H groups in total. The highest BCUT2D eigenvalue weighted by Crippen LogP contribution is 2.12. The van der Waals surface area contributed by atoms with E-state index in [9.17, 15) is 4.79 Å². The first-order valence-electron chi connectivity index (χ1n) is 3.67. The summed E-state index contributed by atoms with van der Waals surface area (Å²) in [5.41, 5.74) is -0.725. The Kier molecular flexibility index (Phi) is 2.07. The summed E-state index contributed by atoms with van der Waals surface area (Å²) in [6.45, 7) is 3.32. The van der Waals surface area contributed by atoms with Crippen LogP contribution in [-0.4, -0.2) is 20.9 Å². The number of aromatic nitrogens is 2. The van der Waals surface area contributed by atoms with Gasteiger partial charge in [-0.15, -0.1) is 0 Å². The lowest BCUT2D eigenvalue weighted by molar-refractivity contribution is 0.0696. The molecular weight excluding hydrogens is 170 g/mol. The topological polar surface area (TPSA) is 78.9 Å². The summed E-state index contributed by atoms with van der Waals surface area (Å²) in [6.07, 6.45) is 2.56. The number of hydrogen-bond acceptors (Lipinski definition) is 3. The Morgan fingerprint density at radius 2 is 2.38 bits per heavy atom. The summed E-state index contributed by atoms with van der Waals surface area (Å²) in [4.78, 5) is 10.5. The molecule has 0 amide bonds. The smallest absolute Gasteiger partial charge is 0.338 e. The van der Waals surface area contributed by atoms with Crippen molar-refractivity contribution in [3.8, 4) is 6.07 Å². The molecule has 68 valence electrons. The molecule has 5 heteroatoms. The second-order valence-corrected chi connectivity index (χ2v) is 3.15. The maximum Gasteiger partial charge on any atom is 0.338 e. The van der Waals surface area contributed by atoms with Crippen LogP contribution in [0.2, 0.25) is 0 Å². The van der Waals surface area contributed by atoms with Gasteiger partial charge in [0.2, 0.25) is 0 Å². The van der Waals surface area contributed by atoms with E-state index in [1.807, 2.05) is 6.07 Å². The Labute approximate surface area is 75.2 Å². The summed E-state index contributed by atoms with van der Waals surface area (Å²) >= 11 is 0. The molecule has 0 aliphatic rings. The third-order valence-corrected chi connectivity index (χ3v) is 1.68. The van der Waals surface area contributed by atoms with E-state index in [4.69, 9.17) is 10.4 Å². The standard InChI is InChI=1S/C8H9N3O2/c1-8(2,5-9)11-4-6(3-10-11)7(12)13/h3-4H,1-2H3,(H,12,13). The monoisotopic (exact) mass is 179 g/mol. The summed E-state index contributed by atoms with van der Waals surface area (Å²) in [5.74, 6) is -1.04. The average molecular weight is 179 g/mol. The molecule has 0 radical (unpaired) electrons. The molecule has 0 unspecified atom stereocenters. The Bertz CT molecular complexity index is 373. The van der Waals surface area contributed by atoms with Gasteiger partial charge in [0.15, 0.2) is 0 Å². The number of aromatic carboxylic acids is 1. The van der Waals surface area contributed by atoms with Crippen molar-refractivity contribution in [2.45, 2.75) is 19.4 Å². The molecule has 1 aromatic heterocycles. The number of carbonyl (C=O) groups is 1. The van der Waals surface area contributed by atoms with Gasteiger partial charge in [-0.3, -0.25) is 4.68 Å². The zero-order valence-corrected chi connectivity index (χ0v) is 7.35. The van der Waals surface area contributed by atoms with Crippen LogP contribution in [0, 0.1) is 11.3 Å². The molecule has 1 aromatic rings. The Balaban J connectivity index is 3.07. The fourth-order valence-electron chi connectivity index (χ4n) is 0.790.